The number of ketones is 1. The maximum absolute atomic E-state index is 12.9. The van der Waals surface area contributed by atoms with E-state index in [2.05, 4.69) is 26.5 Å². The maximum atomic E-state index is 12.9. The third kappa shape index (κ3) is 2.51. The molecule has 4 aliphatic rings. The van der Waals surface area contributed by atoms with E-state index >= 15 is 0 Å². The second kappa shape index (κ2) is 6.58. The lowest BCUT2D eigenvalue weighted by atomic mass is 9.45. The van der Waals surface area contributed by atoms with E-state index in [1.165, 1.54) is 38.5 Å². The molecule has 0 spiro atoms. The van der Waals surface area contributed by atoms with Crippen molar-refractivity contribution in [3.8, 4) is 0 Å². The van der Waals surface area contributed by atoms with Crippen molar-refractivity contribution in [1.82, 2.24) is 0 Å². The van der Waals surface area contributed by atoms with Gasteiger partial charge in [-0.25, -0.2) is 0 Å². The van der Waals surface area contributed by atoms with E-state index in [9.17, 15) is 4.79 Å². The molecule has 2 heteroatoms. The van der Waals surface area contributed by atoms with Crippen molar-refractivity contribution in [3.05, 3.63) is 24.3 Å². The Balaban J connectivity index is 1.67. The van der Waals surface area contributed by atoms with Gasteiger partial charge < -0.3 is 4.74 Å². The topological polar surface area (TPSA) is 26.3 Å². The Morgan fingerprint density at radius 2 is 1.96 bits per heavy atom. The number of ether oxygens (including phenoxy) is 1. The molecule has 2 nitrogen and oxygen atoms in total. The molecule has 0 saturated heterocycles. The Morgan fingerprint density at radius 1 is 1.22 bits per heavy atom. The molecule has 3 saturated carbocycles. The summed E-state index contributed by atoms with van der Waals surface area (Å²) in [5.74, 6) is 2.64. The zero-order valence-corrected chi connectivity index (χ0v) is 17.9. The molecule has 27 heavy (non-hydrogen) atoms. The fourth-order valence-corrected chi connectivity index (χ4v) is 8.27. The number of Topliss-reactive ketones (excluding diaryl/α,β-unsaturated/α-hetero) is 1. The number of hydrogen-bond acceptors (Lipinski definition) is 2. The van der Waals surface area contributed by atoms with Gasteiger partial charge in [-0.1, -0.05) is 31.6 Å². The van der Waals surface area contributed by atoms with Crippen LogP contribution in [0.3, 0.4) is 0 Å². The molecule has 0 radical (unpaired) electrons. The Labute approximate surface area is 165 Å². The van der Waals surface area contributed by atoms with Crippen LogP contribution in [0, 0.1) is 34.0 Å². The second-order valence-electron chi connectivity index (χ2n) is 10.5. The average molecular weight is 371 g/mol. The summed E-state index contributed by atoms with van der Waals surface area (Å²) in [6, 6.07) is 0. The molecule has 7 atom stereocenters. The summed E-state index contributed by atoms with van der Waals surface area (Å²) in [5, 5.41) is 0. The monoisotopic (exact) mass is 370 g/mol. The van der Waals surface area contributed by atoms with E-state index in [4.69, 9.17) is 4.74 Å². The van der Waals surface area contributed by atoms with E-state index in [0.29, 0.717) is 23.2 Å². The van der Waals surface area contributed by atoms with Crippen molar-refractivity contribution >= 4 is 5.78 Å². The van der Waals surface area contributed by atoms with E-state index in [1.807, 2.05) is 20.1 Å². The van der Waals surface area contributed by atoms with Crippen LogP contribution in [0.1, 0.15) is 78.6 Å². The van der Waals surface area contributed by atoms with Crippen LogP contribution < -0.4 is 0 Å². The molecule has 0 N–H and O–H groups in total. The van der Waals surface area contributed by atoms with Gasteiger partial charge in [0.05, 0.1) is 6.10 Å². The Hall–Kier alpha value is -0.890. The summed E-state index contributed by atoms with van der Waals surface area (Å²) >= 11 is 0. The van der Waals surface area contributed by atoms with Crippen LogP contribution in [0.5, 0.6) is 0 Å². The smallest absolute Gasteiger partial charge is 0.136 e. The van der Waals surface area contributed by atoms with Crippen molar-refractivity contribution in [2.45, 2.75) is 84.7 Å². The average Bonchev–Trinajstić information content (AvgIpc) is 2.95. The Morgan fingerprint density at radius 3 is 2.63 bits per heavy atom. The van der Waals surface area contributed by atoms with Crippen LogP contribution in [0.2, 0.25) is 0 Å². The normalized spacial score (nSPS) is 48.8. The first-order valence-corrected chi connectivity index (χ1v) is 11.2. The van der Waals surface area contributed by atoms with Crippen LogP contribution in [0.4, 0.5) is 0 Å². The first-order chi connectivity index (χ1) is 12.8. The number of methoxy groups -OCH3 is 1. The van der Waals surface area contributed by atoms with Gasteiger partial charge in [0.15, 0.2) is 0 Å². The standard InChI is InChI=1S/C25H38O2/c1-6-12-25(17(2)26)15-11-22-20-8-7-18-16-19(27-5)9-13-23(18,3)21(20)10-14-24(22,25)4/h6-7,19-22H,1,8-16H2,2-5H3/t19-,20?,21?,22?,23?,24?,25+/m0/s1. The van der Waals surface area contributed by atoms with Gasteiger partial charge in [0.25, 0.3) is 0 Å². The molecule has 0 heterocycles. The highest BCUT2D eigenvalue weighted by Gasteiger charge is 2.64. The van der Waals surface area contributed by atoms with Crippen LogP contribution in [-0.2, 0) is 9.53 Å². The van der Waals surface area contributed by atoms with Crippen molar-refractivity contribution < 1.29 is 9.53 Å². The SMILES string of the molecule is C=CC[C@]1(C(C)=O)CCC2C3CC=C4C[C@@H](OC)CCC4(C)C3CCC21C. The summed E-state index contributed by atoms with van der Waals surface area (Å²) in [6.45, 7) is 10.8. The molecule has 4 rings (SSSR count). The minimum atomic E-state index is -0.164. The minimum Gasteiger partial charge on any atom is -0.381 e. The molecule has 3 fully saturated rings. The van der Waals surface area contributed by atoms with Crippen LogP contribution in [-0.4, -0.2) is 19.0 Å². The number of allylic oxidation sites excluding steroid dienone is 2. The third-order valence-electron chi connectivity index (χ3n) is 9.92. The summed E-state index contributed by atoms with van der Waals surface area (Å²) in [4.78, 5) is 12.9. The molecule has 0 aromatic rings. The highest BCUT2D eigenvalue weighted by atomic mass is 16.5. The quantitative estimate of drug-likeness (QED) is 0.558. The van der Waals surface area contributed by atoms with Gasteiger partial charge in [-0.05, 0) is 93.3 Å². The first-order valence-electron chi connectivity index (χ1n) is 11.2. The first kappa shape index (κ1) is 19.4. The number of carbonyl (C=O) groups excluding carboxylic acids is 1. The predicted molar refractivity (Wildman–Crippen MR) is 110 cm³/mol. The molecule has 0 aliphatic heterocycles. The van der Waals surface area contributed by atoms with Gasteiger partial charge in [0.1, 0.15) is 5.78 Å². The summed E-state index contributed by atoms with van der Waals surface area (Å²) in [7, 11) is 1.87. The van der Waals surface area contributed by atoms with Crippen molar-refractivity contribution in [3.63, 3.8) is 0 Å². The van der Waals surface area contributed by atoms with Crippen LogP contribution >= 0.6 is 0 Å². The Kier molecular flexibility index (Phi) is 4.73. The lowest BCUT2D eigenvalue weighted by molar-refractivity contribution is -0.140. The Bertz CT molecular complexity index is 663. The molecular formula is C25H38O2. The van der Waals surface area contributed by atoms with Gasteiger partial charge in [-0.3, -0.25) is 4.79 Å². The molecule has 4 aliphatic carbocycles. The van der Waals surface area contributed by atoms with E-state index in [1.54, 1.807) is 5.57 Å². The van der Waals surface area contributed by atoms with Gasteiger partial charge in [0.2, 0.25) is 0 Å². The van der Waals surface area contributed by atoms with Crippen LogP contribution in [0.15, 0.2) is 24.3 Å². The molecular weight excluding hydrogens is 332 g/mol. The van der Waals surface area contributed by atoms with Gasteiger partial charge in [-0.2, -0.15) is 0 Å². The van der Waals surface area contributed by atoms with E-state index in [0.717, 1.165) is 31.1 Å². The van der Waals surface area contributed by atoms with Crippen molar-refractivity contribution in [2.24, 2.45) is 34.0 Å². The minimum absolute atomic E-state index is 0.152. The van der Waals surface area contributed by atoms with Gasteiger partial charge in [0, 0.05) is 12.5 Å². The van der Waals surface area contributed by atoms with Crippen molar-refractivity contribution in [1.29, 1.82) is 0 Å². The highest BCUT2D eigenvalue weighted by molar-refractivity contribution is 5.84. The van der Waals surface area contributed by atoms with Gasteiger partial charge >= 0.3 is 0 Å². The highest BCUT2D eigenvalue weighted by Crippen LogP contribution is 2.70. The predicted octanol–water partition coefficient (Wildman–Crippen LogP) is 6.12. The lowest BCUT2D eigenvalue weighted by Crippen LogP contribution is -2.53. The van der Waals surface area contributed by atoms with Crippen molar-refractivity contribution in [2.75, 3.05) is 7.11 Å². The van der Waals surface area contributed by atoms with E-state index < -0.39 is 0 Å². The summed E-state index contributed by atoms with van der Waals surface area (Å²) < 4.78 is 5.70. The molecule has 150 valence electrons. The fraction of sp³-hybridized carbons (Fsp3) is 0.800. The summed E-state index contributed by atoms with van der Waals surface area (Å²) in [5.41, 5.74) is 2.02. The zero-order valence-electron chi connectivity index (χ0n) is 17.9. The molecule has 0 aromatic heterocycles. The lowest BCUT2D eigenvalue weighted by Gasteiger charge is -2.59. The second-order valence-corrected chi connectivity index (χ2v) is 10.5. The summed E-state index contributed by atoms with van der Waals surface area (Å²) in [6.07, 6.45) is 15.5. The number of carbonyl (C=O) groups is 1. The maximum Gasteiger partial charge on any atom is 0.136 e. The number of rotatable bonds is 4. The number of hydrogen-bond donors (Lipinski definition) is 0. The third-order valence-corrected chi connectivity index (χ3v) is 9.92. The largest absolute Gasteiger partial charge is 0.381 e. The molecule has 0 aromatic carbocycles. The van der Waals surface area contributed by atoms with Crippen LogP contribution in [0.25, 0.3) is 0 Å². The molecule has 5 unspecified atom stereocenters. The van der Waals surface area contributed by atoms with Gasteiger partial charge in [-0.15, -0.1) is 6.58 Å². The fourth-order valence-electron chi connectivity index (χ4n) is 8.27. The van der Waals surface area contributed by atoms with E-state index in [-0.39, 0.29) is 10.8 Å². The number of fused-ring (bicyclic) bond motifs is 5. The zero-order chi connectivity index (χ0) is 19.4. The molecule has 0 amide bonds. The molecule has 0 bridgehead atoms.